The molecule has 0 aromatic heterocycles. The first-order valence-corrected chi connectivity index (χ1v) is 8.17. The van der Waals surface area contributed by atoms with E-state index in [9.17, 15) is 14.7 Å². The van der Waals surface area contributed by atoms with Crippen LogP contribution in [0.15, 0.2) is 18.2 Å². The van der Waals surface area contributed by atoms with Gasteiger partial charge >= 0.3 is 5.97 Å². The SMILES string of the molecule is CC1(C(=O)O)CCCN1CC(=O)Nc1ccc2c(c1)OCCCO2. The van der Waals surface area contributed by atoms with Gasteiger partial charge in [0.2, 0.25) is 5.91 Å². The van der Waals surface area contributed by atoms with Gasteiger partial charge < -0.3 is 19.9 Å². The third-order valence-electron chi connectivity index (χ3n) is 4.62. The molecule has 0 spiro atoms. The van der Waals surface area contributed by atoms with E-state index in [1.807, 2.05) is 0 Å². The van der Waals surface area contributed by atoms with Crippen molar-refractivity contribution in [1.82, 2.24) is 4.90 Å². The van der Waals surface area contributed by atoms with Gasteiger partial charge in [0.25, 0.3) is 0 Å². The van der Waals surface area contributed by atoms with Crippen LogP contribution in [0.25, 0.3) is 0 Å². The number of nitrogens with zero attached hydrogens (tertiary/aromatic N) is 1. The maximum Gasteiger partial charge on any atom is 0.323 e. The minimum atomic E-state index is -0.970. The number of hydrogen-bond donors (Lipinski definition) is 2. The summed E-state index contributed by atoms with van der Waals surface area (Å²) in [6.45, 7) is 3.52. The van der Waals surface area contributed by atoms with Crippen molar-refractivity contribution in [3.05, 3.63) is 18.2 Å². The van der Waals surface area contributed by atoms with Crippen LogP contribution in [-0.4, -0.2) is 53.7 Å². The molecule has 1 unspecified atom stereocenters. The number of carbonyl (C=O) groups excluding carboxylic acids is 1. The third kappa shape index (κ3) is 3.31. The maximum atomic E-state index is 12.3. The van der Waals surface area contributed by atoms with Crippen LogP contribution >= 0.6 is 0 Å². The molecule has 2 aliphatic heterocycles. The number of carboxylic acid groups (broad SMARTS) is 1. The van der Waals surface area contributed by atoms with E-state index < -0.39 is 11.5 Å². The molecule has 24 heavy (non-hydrogen) atoms. The van der Waals surface area contributed by atoms with E-state index in [1.165, 1.54) is 0 Å². The Morgan fingerprint density at radius 3 is 2.75 bits per heavy atom. The average Bonchev–Trinajstić information content (AvgIpc) is 2.77. The average molecular weight is 334 g/mol. The summed E-state index contributed by atoms with van der Waals surface area (Å²) in [5.74, 6) is 0.160. The summed E-state index contributed by atoms with van der Waals surface area (Å²) in [4.78, 5) is 25.5. The number of nitrogens with one attached hydrogen (secondary N) is 1. The normalized spacial score (nSPS) is 23.5. The fourth-order valence-corrected chi connectivity index (χ4v) is 3.13. The van der Waals surface area contributed by atoms with Crippen molar-refractivity contribution < 1.29 is 24.2 Å². The molecule has 1 aromatic carbocycles. The number of rotatable bonds is 4. The molecule has 0 radical (unpaired) electrons. The number of aliphatic carboxylic acids is 1. The van der Waals surface area contributed by atoms with Gasteiger partial charge in [-0.1, -0.05) is 0 Å². The Bertz CT molecular complexity index is 648. The molecule has 3 rings (SSSR count). The predicted octanol–water partition coefficient (Wildman–Crippen LogP) is 1.73. The molecule has 130 valence electrons. The van der Waals surface area contributed by atoms with E-state index in [4.69, 9.17) is 9.47 Å². The summed E-state index contributed by atoms with van der Waals surface area (Å²) in [5, 5.41) is 12.2. The number of anilines is 1. The standard InChI is InChI=1S/C17H22N2O5/c1-17(16(21)22)6-2-7-19(17)11-15(20)18-12-4-5-13-14(10-12)24-9-3-8-23-13/h4-5,10H,2-3,6-9,11H2,1H3,(H,18,20)(H,21,22). The molecule has 7 heteroatoms. The van der Waals surface area contributed by atoms with Gasteiger partial charge in [-0.05, 0) is 38.4 Å². The smallest absolute Gasteiger partial charge is 0.323 e. The molecule has 2 N–H and O–H groups in total. The van der Waals surface area contributed by atoms with Crippen molar-refractivity contribution >= 4 is 17.6 Å². The lowest BCUT2D eigenvalue weighted by Gasteiger charge is -2.30. The zero-order valence-electron chi connectivity index (χ0n) is 13.7. The Labute approximate surface area is 140 Å². The van der Waals surface area contributed by atoms with Crippen LogP contribution in [-0.2, 0) is 9.59 Å². The molecule has 1 atom stereocenters. The van der Waals surface area contributed by atoms with Crippen molar-refractivity contribution in [2.45, 2.75) is 31.7 Å². The van der Waals surface area contributed by atoms with Gasteiger partial charge in [0.1, 0.15) is 5.54 Å². The fourth-order valence-electron chi connectivity index (χ4n) is 3.13. The van der Waals surface area contributed by atoms with Gasteiger partial charge in [-0.3, -0.25) is 14.5 Å². The molecule has 1 saturated heterocycles. The van der Waals surface area contributed by atoms with Crippen LogP contribution in [0, 0.1) is 0 Å². The van der Waals surface area contributed by atoms with Gasteiger partial charge in [0.05, 0.1) is 19.8 Å². The highest BCUT2D eigenvalue weighted by Crippen LogP contribution is 2.32. The topological polar surface area (TPSA) is 88.1 Å². The quantitative estimate of drug-likeness (QED) is 0.872. The minimum absolute atomic E-state index is 0.0528. The maximum absolute atomic E-state index is 12.3. The van der Waals surface area contributed by atoms with Crippen LogP contribution < -0.4 is 14.8 Å². The summed E-state index contributed by atoms with van der Waals surface area (Å²) in [6.07, 6.45) is 2.15. The van der Waals surface area contributed by atoms with Crippen LogP contribution in [0.4, 0.5) is 5.69 Å². The number of likely N-dealkylation sites (tertiary alicyclic amines) is 1. The van der Waals surface area contributed by atoms with Crippen LogP contribution in [0.3, 0.4) is 0 Å². The number of ether oxygens (including phenoxy) is 2. The van der Waals surface area contributed by atoms with Crippen molar-refractivity contribution in [2.75, 3.05) is 31.6 Å². The lowest BCUT2D eigenvalue weighted by Crippen LogP contribution is -2.50. The monoisotopic (exact) mass is 334 g/mol. The second kappa shape index (κ2) is 6.68. The second-order valence-corrected chi connectivity index (χ2v) is 6.36. The third-order valence-corrected chi connectivity index (χ3v) is 4.62. The molecule has 2 aliphatic rings. The first-order valence-electron chi connectivity index (χ1n) is 8.17. The van der Waals surface area contributed by atoms with Crippen molar-refractivity contribution in [1.29, 1.82) is 0 Å². The van der Waals surface area contributed by atoms with Gasteiger partial charge in [-0.15, -0.1) is 0 Å². The first-order chi connectivity index (χ1) is 11.5. The molecule has 0 aliphatic carbocycles. The summed E-state index contributed by atoms with van der Waals surface area (Å²) in [6, 6.07) is 5.26. The number of hydrogen-bond acceptors (Lipinski definition) is 5. The highest BCUT2D eigenvalue weighted by atomic mass is 16.5. The Morgan fingerprint density at radius 2 is 2.00 bits per heavy atom. The molecule has 0 bridgehead atoms. The lowest BCUT2D eigenvalue weighted by atomic mass is 9.99. The van der Waals surface area contributed by atoms with Crippen LogP contribution in [0.1, 0.15) is 26.2 Å². The van der Waals surface area contributed by atoms with Crippen LogP contribution in [0.5, 0.6) is 11.5 Å². The summed E-state index contributed by atoms with van der Waals surface area (Å²) in [5.41, 5.74) is -0.359. The number of carboxylic acids is 1. The highest BCUT2D eigenvalue weighted by molar-refractivity contribution is 5.93. The molecule has 7 nitrogen and oxygen atoms in total. The summed E-state index contributed by atoms with van der Waals surface area (Å²) < 4.78 is 11.2. The minimum Gasteiger partial charge on any atom is -0.490 e. The zero-order valence-corrected chi connectivity index (χ0v) is 13.7. The van der Waals surface area contributed by atoms with Crippen molar-refractivity contribution in [3.8, 4) is 11.5 Å². The first kappa shape index (κ1) is 16.6. The van der Waals surface area contributed by atoms with Gasteiger partial charge in [-0.25, -0.2) is 0 Å². The Hall–Kier alpha value is -2.28. The second-order valence-electron chi connectivity index (χ2n) is 6.36. The summed E-state index contributed by atoms with van der Waals surface area (Å²) in [7, 11) is 0. The molecular formula is C17H22N2O5. The van der Waals surface area contributed by atoms with Crippen molar-refractivity contribution in [3.63, 3.8) is 0 Å². The largest absolute Gasteiger partial charge is 0.490 e. The Kier molecular flexibility index (Phi) is 4.62. The van der Waals surface area contributed by atoms with Gasteiger partial charge in [-0.2, -0.15) is 0 Å². The lowest BCUT2D eigenvalue weighted by molar-refractivity contribution is -0.149. The van der Waals surface area contributed by atoms with E-state index >= 15 is 0 Å². The van der Waals surface area contributed by atoms with Gasteiger partial charge in [0.15, 0.2) is 11.5 Å². The molecule has 1 fully saturated rings. The van der Waals surface area contributed by atoms with E-state index in [2.05, 4.69) is 5.32 Å². The summed E-state index contributed by atoms with van der Waals surface area (Å²) >= 11 is 0. The number of benzene rings is 1. The number of amides is 1. The van der Waals surface area contributed by atoms with E-state index in [0.717, 1.165) is 12.8 Å². The number of carbonyl (C=O) groups is 2. The molecule has 0 saturated carbocycles. The van der Waals surface area contributed by atoms with Crippen LogP contribution in [0.2, 0.25) is 0 Å². The number of fused-ring (bicyclic) bond motifs is 1. The van der Waals surface area contributed by atoms with Crippen molar-refractivity contribution in [2.24, 2.45) is 0 Å². The highest BCUT2D eigenvalue weighted by Gasteiger charge is 2.43. The molecule has 1 aromatic rings. The predicted molar refractivity (Wildman–Crippen MR) is 87.5 cm³/mol. The Balaban J connectivity index is 1.65. The molecule has 2 heterocycles. The van der Waals surface area contributed by atoms with E-state index in [-0.39, 0.29) is 12.5 Å². The molecule has 1 amide bonds. The zero-order chi connectivity index (χ0) is 17.2. The fraction of sp³-hybridized carbons (Fsp3) is 0.529. The Morgan fingerprint density at radius 1 is 1.25 bits per heavy atom. The van der Waals surface area contributed by atoms with E-state index in [0.29, 0.717) is 43.4 Å². The van der Waals surface area contributed by atoms with Gasteiger partial charge in [0, 0.05) is 18.2 Å². The molecular weight excluding hydrogens is 312 g/mol. The van der Waals surface area contributed by atoms with E-state index in [1.54, 1.807) is 30.0 Å².